The molecule has 0 spiro atoms. The molecule has 1 heterocycles. The van der Waals surface area contributed by atoms with Crippen molar-refractivity contribution in [1.29, 1.82) is 0 Å². The minimum Gasteiger partial charge on any atom is -0.497 e. The number of aromatic amines is 1. The highest BCUT2D eigenvalue weighted by Crippen LogP contribution is 2.30. The second kappa shape index (κ2) is 10.9. The quantitative estimate of drug-likeness (QED) is 0.358. The van der Waals surface area contributed by atoms with Gasteiger partial charge in [-0.2, -0.15) is 0 Å². The van der Waals surface area contributed by atoms with E-state index >= 15 is 0 Å². The fraction of sp³-hybridized carbons (Fsp3) is 0.259. The fourth-order valence-corrected chi connectivity index (χ4v) is 3.96. The number of rotatable bonds is 10. The van der Waals surface area contributed by atoms with Gasteiger partial charge < -0.3 is 29.2 Å². The summed E-state index contributed by atoms with van der Waals surface area (Å²) in [5, 5.41) is 3.99. The van der Waals surface area contributed by atoms with E-state index in [1.807, 2.05) is 48.5 Å². The van der Waals surface area contributed by atoms with Crippen molar-refractivity contribution in [2.45, 2.75) is 19.0 Å². The van der Waals surface area contributed by atoms with Gasteiger partial charge in [-0.3, -0.25) is 4.79 Å². The van der Waals surface area contributed by atoms with Gasteiger partial charge in [0, 0.05) is 12.1 Å². The summed E-state index contributed by atoms with van der Waals surface area (Å²) in [4.78, 5) is 20.3. The van der Waals surface area contributed by atoms with Gasteiger partial charge in [0.25, 0.3) is 5.56 Å². The first-order valence-electron chi connectivity index (χ1n) is 11.2. The third-order valence-corrected chi connectivity index (χ3v) is 5.89. The number of ether oxygens (including phenoxy) is 4. The van der Waals surface area contributed by atoms with Crippen LogP contribution in [0, 0.1) is 0 Å². The normalized spacial score (nSPS) is 11.8. The summed E-state index contributed by atoms with van der Waals surface area (Å²) in [6.07, 6.45) is 0.735. The van der Waals surface area contributed by atoms with E-state index in [2.05, 4.69) is 15.3 Å². The number of hydrogen-bond donors (Lipinski definition) is 2. The number of hydrogen-bond acceptors (Lipinski definition) is 7. The average molecular weight is 476 g/mol. The Hall–Kier alpha value is -4.04. The van der Waals surface area contributed by atoms with Crippen LogP contribution in [0.4, 0.5) is 0 Å². The molecule has 0 aliphatic carbocycles. The maximum absolute atomic E-state index is 12.8. The largest absolute Gasteiger partial charge is 0.497 e. The molecule has 35 heavy (non-hydrogen) atoms. The molecule has 2 N–H and O–H groups in total. The molecule has 0 aliphatic rings. The molecule has 1 aromatic heterocycles. The van der Waals surface area contributed by atoms with E-state index in [0.29, 0.717) is 34.8 Å². The van der Waals surface area contributed by atoms with Crippen molar-refractivity contribution in [1.82, 2.24) is 15.3 Å². The van der Waals surface area contributed by atoms with E-state index in [-0.39, 0.29) is 11.6 Å². The average Bonchev–Trinajstić information content (AvgIpc) is 2.90. The zero-order valence-corrected chi connectivity index (χ0v) is 20.3. The van der Waals surface area contributed by atoms with Gasteiger partial charge in [-0.05, 0) is 47.9 Å². The minimum atomic E-state index is -0.232. The Morgan fingerprint density at radius 2 is 1.43 bits per heavy atom. The molecular weight excluding hydrogens is 446 g/mol. The van der Waals surface area contributed by atoms with Crippen LogP contribution in [-0.2, 0) is 13.0 Å². The summed E-state index contributed by atoms with van der Waals surface area (Å²) in [6.45, 7) is 0.367. The molecule has 0 aliphatic heterocycles. The first-order valence-corrected chi connectivity index (χ1v) is 11.2. The topological polar surface area (TPSA) is 94.7 Å². The van der Waals surface area contributed by atoms with Crippen LogP contribution >= 0.6 is 0 Å². The molecule has 8 heteroatoms. The minimum absolute atomic E-state index is 0.0271. The maximum Gasteiger partial charge on any atom is 0.258 e. The third-order valence-electron chi connectivity index (χ3n) is 5.89. The molecular formula is C27H29N3O5. The van der Waals surface area contributed by atoms with Crippen LogP contribution in [0.2, 0.25) is 0 Å². The summed E-state index contributed by atoms with van der Waals surface area (Å²) < 4.78 is 21.3. The van der Waals surface area contributed by atoms with Gasteiger partial charge in [-0.15, -0.1) is 0 Å². The van der Waals surface area contributed by atoms with E-state index in [4.69, 9.17) is 18.9 Å². The van der Waals surface area contributed by atoms with Gasteiger partial charge in [-0.25, -0.2) is 4.98 Å². The molecule has 182 valence electrons. The van der Waals surface area contributed by atoms with Gasteiger partial charge >= 0.3 is 0 Å². The van der Waals surface area contributed by atoms with Crippen LogP contribution in [0.25, 0.3) is 10.9 Å². The Kier molecular flexibility index (Phi) is 7.52. The van der Waals surface area contributed by atoms with E-state index in [0.717, 1.165) is 29.0 Å². The summed E-state index contributed by atoms with van der Waals surface area (Å²) in [6, 6.07) is 19.3. The van der Waals surface area contributed by atoms with Crippen molar-refractivity contribution in [3.05, 3.63) is 88.0 Å². The lowest BCUT2D eigenvalue weighted by atomic mass is 9.98. The summed E-state index contributed by atoms with van der Waals surface area (Å²) in [5.41, 5.74) is 2.55. The van der Waals surface area contributed by atoms with E-state index in [1.54, 1.807) is 33.5 Å². The number of methoxy groups -OCH3 is 4. The Balaban J connectivity index is 1.61. The van der Waals surface area contributed by atoms with Gasteiger partial charge in [0.2, 0.25) is 0 Å². The molecule has 0 bridgehead atoms. The molecule has 0 saturated heterocycles. The van der Waals surface area contributed by atoms with Crippen LogP contribution in [0.3, 0.4) is 0 Å². The van der Waals surface area contributed by atoms with Crippen molar-refractivity contribution in [2.75, 3.05) is 28.4 Å². The molecule has 0 saturated carbocycles. The number of benzene rings is 3. The van der Waals surface area contributed by atoms with E-state index in [1.165, 1.54) is 7.11 Å². The lowest BCUT2D eigenvalue weighted by Gasteiger charge is -2.20. The number of fused-ring (bicyclic) bond motifs is 1. The molecule has 4 aromatic rings. The second-order valence-electron chi connectivity index (χ2n) is 8.00. The molecule has 1 atom stereocenters. The van der Waals surface area contributed by atoms with Crippen LogP contribution < -0.4 is 29.8 Å². The molecule has 3 aromatic carbocycles. The van der Waals surface area contributed by atoms with Crippen LogP contribution in [0.5, 0.6) is 23.0 Å². The van der Waals surface area contributed by atoms with Gasteiger partial charge in [0.05, 0.1) is 45.9 Å². The Morgan fingerprint density at radius 3 is 2.03 bits per heavy atom. The molecule has 0 unspecified atom stereocenters. The smallest absolute Gasteiger partial charge is 0.258 e. The number of nitrogens with one attached hydrogen (secondary N) is 2. The molecule has 0 amide bonds. The van der Waals surface area contributed by atoms with Crippen molar-refractivity contribution in [3.8, 4) is 23.0 Å². The second-order valence-corrected chi connectivity index (χ2v) is 8.00. The van der Waals surface area contributed by atoms with Gasteiger partial charge in [-0.1, -0.05) is 24.3 Å². The summed E-state index contributed by atoms with van der Waals surface area (Å²) in [7, 11) is 6.39. The Bertz CT molecular complexity index is 1330. The lowest BCUT2D eigenvalue weighted by Crippen LogP contribution is -2.25. The fourth-order valence-electron chi connectivity index (χ4n) is 3.96. The molecule has 0 radical (unpaired) electrons. The highest BCUT2D eigenvalue weighted by molar-refractivity contribution is 5.81. The van der Waals surface area contributed by atoms with Crippen molar-refractivity contribution >= 4 is 10.9 Å². The van der Waals surface area contributed by atoms with E-state index < -0.39 is 0 Å². The van der Waals surface area contributed by atoms with Gasteiger partial charge in [0.1, 0.15) is 17.3 Å². The number of H-pyrrole nitrogens is 1. The SMILES string of the molecule is COc1ccc(C[C@@H](NCc2nc3cc(OC)c(OC)cc3c(=O)[nH]2)c2ccc(OC)cc2)cc1. The monoisotopic (exact) mass is 475 g/mol. The predicted molar refractivity (Wildman–Crippen MR) is 135 cm³/mol. The highest BCUT2D eigenvalue weighted by atomic mass is 16.5. The molecule has 0 fully saturated rings. The number of nitrogens with zero attached hydrogens (tertiary/aromatic N) is 1. The first-order chi connectivity index (χ1) is 17.0. The Labute approximate surface area is 203 Å². The predicted octanol–water partition coefficient (Wildman–Crippen LogP) is 4.03. The molecule has 4 rings (SSSR count). The third kappa shape index (κ3) is 5.55. The van der Waals surface area contributed by atoms with Crippen molar-refractivity contribution in [3.63, 3.8) is 0 Å². The highest BCUT2D eigenvalue weighted by Gasteiger charge is 2.15. The Morgan fingerprint density at radius 1 is 0.829 bits per heavy atom. The first kappa shape index (κ1) is 24.1. The van der Waals surface area contributed by atoms with Gasteiger partial charge in [0.15, 0.2) is 11.5 Å². The van der Waals surface area contributed by atoms with Crippen LogP contribution in [0.15, 0.2) is 65.5 Å². The van der Waals surface area contributed by atoms with Crippen LogP contribution in [-0.4, -0.2) is 38.4 Å². The zero-order chi connectivity index (χ0) is 24.8. The number of aromatic nitrogens is 2. The van der Waals surface area contributed by atoms with E-state index in [9.17, 15) is 4.79 Å². The van der Waals surface area contributed by atoms with Crippen molar-refractivity contribution < 1.29 is 18.9 Å². The molecule has 8 nitrogen and oxygen atoms in total. The maximum atomic E-state index is 12.8. The summed E-state index contributed by atoms with van der Waals surface area (Å²) >= 11 is 0. The van der Waals surface area contributed by atoms with Crippen molar-refractivity contribution in [2.24, 2.45) is 0 Å². The summed E-state index contributed by atoms with van der Waals surface area (Å²) in [5.74, 6) is 3.14. The zero-order valence-electron chi connectivity index (χ0n) is 20.3. The lowest BCUT2D eigenvalue weighted by molar-refractivity contribution is 0.355. The van der Waals surface area contributed by atoms with Crippen LogP contribution in [0.1, 0.15) is 23.0 Å². The standard InChI is InChI=1S/C27H29N3O5/c1-32-19-9-5-17(6-10-19)13-22(18-7-11-20(33-2)12-8-18)28-16-26-29-23-15-25(35-4)24(34-3)14-21(23)27(31)30-26/h5-12,14-15,22,28H,13,16H2,1-4H3,(H,29,30,31)/t22-/m1/s1.